The molecular formula is C18H17ClF3N3O2. The van der Waals surface area contributed by atoms with Crippen molar-refractivity contribution in [2.24, 2.45) is 0 Å². The van der Waals surface area contributed by atoms with Crippen molar-refractivity contribution >= 4 is 23.3 Å². The first-order valence-corrected chi connectivity index (χ1v) is 8.61. The van der Waals surface area contributed by atoms with E-state index >= 15 is 0 Å². The fourth-order valence-electron chi connectivity index (χ4n) is 2.93. The summed E-state index contributed by atoms with van der Waals surface area (Å²) in [6.07, 6.45) is -3.75. The van der Waals surface area contributed by atoms with E-state index in [0.717, 1.165) is 17.8 Å². The highest BCUT2D eigenvalue weighted by Gasteiger charge is 2.32. The number of aryl methyl sites for hydroxylation is 1. The molecule has 1 saturated heterocycles. The monoisotopic (exact) mass is 399 g/mol. The molecule has 1 aromatic heterocycles. The Morgan fingerprint density at radius 2 is 1.85 bits per heavy atom. The number of halogens is 4. The van der Waals surface area contributed by atoms with Gasteiger partial charge in [-0.25, -0.2) is 4.98 Å². The average Bonchev–Trinajstić information content (AvgIpc) is 2.60. The lowest BCUT2D eigenvalue weighted by atomic mass is 10.1. The number of rotatable bonds is 2. The molecular weight excluding hydrogens is 383 g/mol. The van der Waals surface area contributed by atoms with Crippen LogP contribution in [0.25, 0.3) is 0 Å². The van der Waals surface area contributed by atoms with E-state index in [-0.39, 0.29) is 28.1 Å². The molecule has 0 spiro atoms. The van der Waals surface area contributed by atoms with Crippen molar-refractivity contribution in [3.8, 4) is 5.75 Å². The Bertz CT molecular complexity index is 865. The Kier molecular flexibility index (Phi) is 5.19. The number of phenols is 1. The minimum atomic E-state index is -4.50. The molecule has 2 aromatic rings. The topological polar surface area (TPSA) is 56.7 Å². The summed E-state index contributed by atoms with van der Waals surface area (Å²) in [5.41, 5.74) is 0.163. The van der Waals surface area contributed by atoms with Gasteiger partial charge in [0.2, 0.25) is 0 Å². The number of hydrogen-bond acceptors (Lipinski definition) is 4. The van der Waals surface area contributed by atoms with Crippen LogP contribution in [0.15, 0.2) is 30.5 Å². The molecule has 0 radical (unpaired) electrons. The van der Waals surface area contributed by atoms with Gasteiger partial charge in [0.05, 0.1) is 16.1 Å². The van der Waals surface area contributed by atoms with Gasteiger partial charge in [0.15, 0.2) is 0 Å². The van der Waals surface area contributed by atoms with E-state index in [9.17, 15) is 23.1 Å². The van der Waals surface area contributed by atoms with Gasteiger partial charge in [0.1, 0.15) is 11.6 Å². The third-order valence-corrected chi connectivity index (χ3v) is 4.68. The molecule has 0 bridgehead atoms. The van der Waals surface area contributed by atoms with Gasteiger partial charge in [-0.3, -0.25) is 4.79 Å². The van der Waals surface area contributed by atoms with Gasteiger partial charge in [-0.05, 0) is 30.7 Å². The molecule has 0 saturated carbocycles. The molecule has 1 amide bonds. The molecule has 144 valence electrons. The zero-order chi connectivity index (χ0) is 19.8. The highest BCUT2D eigenvalue weighted by Crippen LogP contribution is 2.33. The third kappa shape index (κ3) is 4.10. The van der Waals surface area contributed by atoms with Crippen LogP contribution in [0.1, 0.15) is 21.5 Å². The number of piperazine rings is 1. The molecule has 1 aliphatic rings. The maximum absolute atomic E-state index is 12.7. The molecule has 3 rings (SSSR count). The van der Waals surface area contributed by atoms with Crippen LogP contribution < -0.4 is 4.90 Å². The quantitative estimate of drug-likeness (QED) is 0.836. The third-order valence-electron chi connectivity index (χ3n) is 4.40. The zero-order valence-electron chi connectivity index (χ0n) is 14.4. The number of aromatic hydroxyl groups is 1. The van der Waals surface area contributed by atoms with Crippen LogP contribution in [0, 0.1) is 6.92 Å². The summed E-state index contributed by atoms with van der Waals surface area (Å²) in [7, 11) is 0. The van der Waals surface area contributed by atoms with E-state index in [2.05, 4.69) is 4.98 Å². The first kappa shape index (κ1) is 19.3. The number of carbonyl (C=O) groups is 1. The van der Waals surface area contributed by atoms with E-state index in [0.29, 0.717) is 26.2 Å². The molecule has 0 aliphatic carbocycles. The summed E-state index contributed by atoms with van der Waals surface area (Å²) < 4.78 is 38.2. The molecule has 2 heterocycles. The SMILES string of the molecule is Cc1ccc(C(=O)N2CCN(c3ncc(C(F)(F)F)cc3Cl)CC2)c(O)c1. The van der Waals surface area contributed by atoms with E-state index in [1.54, 1.807) is 21.9 Å². The van der Waals surface area contributed by atoms with Crippen molar-refractivity contribution in [1.82, 2.24) is 9.88 Å². The van der Waals surface area contributed by atoms with Gasteiger partial charge in [0, 0.05) is 32.4 Å². The van der Waals surface area contributed by atoms with Crippen molar-refractivity contribution in [2.75, 3.05) is 31.1 Å². The van der Waals surface area contributed by atoms with Gasteiger partial charge in [-0.15, -0.1) is 0 Å². The number of alkyl halides is 3. The maximum atomic E-state index is 12.7. The lowest BCUT2D eigenvalue weighted by Gasteiger charge is -2.36. The molecule has 1 aliphatic heterocycles. The van der Waals surface area contributed by atoms with Crippen LogP contribution >= 0.6 is 11.6 Å². The molecule has 1 N–H and O–H groups in total. The Morgan fingerprint density at radius 3 is 2.41 bits per heavy atom. The Hall–Kier alpha value is -2.48. The van der Waals surface area contributed by atoms with Gasteiger partial charge >= 0.3 is 6.18 Å². The maximum Gasteiger partial charge on any atom is 0.417 e. The van der Waals surface area contributed by atoms with E-state index in [1.807, 2.05) is 6.92 Å². The molecule has 0 unspecified atom stereocenters. The van der Waals surface area contributed by atoms with Gasteiger partial charge < -0.3 is 14.9 Å². The van der Waals surface area contributed by atoms with Gasteiger partial charge in [0.25, 0.3) is 5.91 Å². The van der Waals surface area contributed by atoms with E-state index < -0.39 is 11.7 Å². The van der Waals surface area contributed by atoms with Crippen molar-refractivity contribution in [3.63, 3.8) is 0 Å². The van der Waals surface area contributed by atoms with E-state index in [1.165, 1.54) is 6.07 Å². The summed E-state index contributed by atoms with van der Waals surface area (Å²) in [6.45, 7) is 3.23. The number of benzene rings is 1. The fourth-order valence-corrected chi connectivity index (χ4v) is 3.22. The Balaban J connectivity index is 1.69. The fraction of sp³-hybridized carbons (Fsp3) is 0.333. The van der Waals surface area contributed by atoms with Crippen molar-refractivity contribution in [2.45, 2.75) is 13.1 Å². The predicted molar refractivity (Wildman–Crippen MR) is 95.2 cm³/mol. The lowest BCUT2D eigenvalue weighted by Crippen LogP contribution is -2.49. The summed E-state index contributed by atoms with van der Waals surface area (Å²) in [5.74, 6) is -0.108. The number of phenolic OH excluding ortho intramolecular Hbond substituents is 1. The number of carbonyl (C=O) groups excluding carboxylic acids is 1. The van der Waals surface area contributed by atoms with Crippen LogP contribution in [0.4, 0.5) is 19.0 Å². The minimum Gasteiger partial charge on any atom is -0.507 e. The zero-order valence-corrected chi connectivity index (χ0v) is 15.2. The molecule has 9 heteroatoms. The van der Waals surface area contributed by atoms with E-state index in [4.69, 9.17) is 11.6 Å². The Morgan fingerprint density at radius 1 is 1.19 bits per heavy atom. The molecule has 27 heavy (non-hydrogen) atoms. The number of pyridine rings is 1. The summed E-state index contributed by atoms with van der Waals surface area (Å²) >= 11 is 5.98. The molecule has 0 atom stereocenters. The van der Waals surface area contributed by atoms with Crippen molar-refractivity contribution < 1.29 is 23.1 Å². The molecule has 5 nitrogen and oxygen atoms in total. The summed E-state index contributed by atoms with van der Waals surface area (Å²) in [4.78, 5) is 19.7. The lowest BCUT2D eigenvalue weighted by molar-refractivity contribution is -0.137. The minimum absolute atomic E-state index is 0.0742. The van der Waals surface area contributed by atoms with Crippen LogP contribution in [-0.4, -0.2) is 47.1 Å². The number of aromatic nitrogens is 1. The van der Waals surface area contributed by atoms with Crippen LogP contribution in [-0.2, 0) is 6.18 Å². The average molecular weight is 400 g/mol. The predicted octanol–water partition coefficient (Wildman–Crippen LogP) is 3.73. The second kappa shape index (κ2) is 7.26. The smallest absolute Gasteiger partial charge is 0.417 e. The normalized spacial score (nSPS) is 15.1. The summed E-state index contributed by atoms with van der Waals surface area (Å²) in [5, 5.41) is 9.89. The first-order chi connectivity index (χ1) is 12.7. The second-order valence-electron chi connectivity index (χ2n) is 6.33. The Labute approximate surface area is 159 Å². The highest BCUT2D eigenvalue weighted by atomic mass is 35.5. The largest absolute Gasteiger partial charge is 0.507 e. The molecule has 1 aromatic carbocycles. The summed E-state index contributed by atoms with van der Waals surface area (Å²) in [6, 6.07) is 5.70. The second-order valence-corrected chi connectivity index (χ2v) is 6.73. The number of nitrogens with zero attached hydrogens (tertiary/aromatic N) is 3. The first-order valence-electron chi connectivity index (χ1n) is 8.23. The highest BCUT2D eigenvalue weighted by molar-refractivity contribution is 6.33. The van der Waals surface area contributed by atoms with Crippen LogP contribution in [0.3, 0.4) is 0 Å². The number of amides is 1. The van der Waals surface area contributed by atoms with Crippen molar-refractivity contribution in [3.05, 3.63) is 52.2 Å². The standard InChI is InChI=1S/C18H17ClF3N3O2/c1-11-2-3-13(15(26)8-11)17(27)25-6-4-24(5-7-25)16-14(19)9-12(10-23-16)18(20,21)22/h2-3,8-10,26H,4-7H2,1H3. The van der Waals surface area contributed by atoms with Gasteiger partial charge in [-0.1, -0.05) is 17.7 Å². The van der Waals surface area contributed by atoms with Crippen LogP contribution in [0.5, 0.6) is 5.75 Å². The molecule has 1 fully saturated rings. The van der Waals surface area contributed by atoms with Crippen molar-refractivity contribution in [1.29, 1.82) is 0 Å². The number of hydrogen-bond donors (Lipinski definition) is 1. The van der Waals surface area contributed by atoms with Gasteiger partial charge in [-0.2, -0.15) is 13.2 Å². The van der Waals surface area contributed by atoms with Crippen LogP contribution in [0.2, 0.25) is 5.02 Å². The number of anilines is 1.